The third kappa shape index (κ3) is 2.76. The number of quaternary nitrogens is 1. The maximum absolute atomic E-state index is 14.2. The number of carbonyl (C=O) groups excluding carboxylic acids is 1. The van der Waals surface area contributed by atoms with Crippen molar-refractivity contribution in [1.82, 2.24) is 5.32 Å². The highest BCUT2D eigenvalue weighted by molar-refractivity contribution is 5.94. The zero-order valence-electron chi connectivity index (χ0n) is 19.4. The maximum atomic E-state index is 14.2. The number of amides is 1. The summed E-state index contributed by atoms with van der Waals surface area (Å²) in [6.45, 7) is 0.942. The van der Waals surface area contributed by atoms with Crippen LogP contribution in [0.2, 0.25) is 0 Å². The van der Waals surface area contributed by atoms with Crippen molar-refractivity contribution in [2.45, 2.75) is 67.7 Å². The number of hydroxylamine groups is 3. The van der Waals surface area contributed by atoms with Crippen LogP contribution in [0, 0.1) is 11.1 Å². The number of piperidine rings is 1. The first-order chi connectivity index (χ1) is 16.7. The Balaban J connectivity index is 1.31. The number of ether oxygens (including phenoxy) is 1. The summed E-state index contributed by atoms with van der Waals surface area (Å²) < 4.78 is 6.06. The number of likely N-dealkylation sites (tertiary alicyclic amines) is 1. The van der Waals surface area contributed by atoms with Crippen LogP contribution in [0.25, 0.3) is 0 Å². The molecule has 3 aliphatic carbocycles. The summed E-state index contributed by atoms with van der Waals surface area (Å²) >= 11 is 0. The number of hydrogen-bond donors (Lipinski definition) is 4. The van der Waals surface area contributed by atoms with Gasteiger partial charge in [0.05, 0.1) is 24.5 Å². The number of nitrogens with one attached hydrogen (secondary N) is 1. The molecule has 2 heterocycles. The van der Waals surface area contributed by atoms with Gasteiger partial charge in [-0.25, -0.2) is 0 Å². The van der Waals surface area contributed by atoms with Gasteiger partial charge < -0.3 is 35.2 Å². The van der Waals surface area contributed by atoms with Gasteiger partial charge in [-0.1, -0.05) is 12.1 Å². The first-order valence-corrected chi connectivity index (χ1v) is 12.7. The molecule has 3 fully saturated rings. The molecule has 8 nitrogen and oxygen atoms in total. The molecule has 0 aromatic heterocycles. The first kappa shape index (κ1) is 21.5. The molecule has 2 saturated carbocycles. The lowest BCUT2D eigenvalue weighted by atomic mass is 9.48. The molecule has 1 saturated heterocycles. The van der Waals surface area contributed by atoms with Crippen molar-refractivity contribution in [3.05, 3.63) is 58.3 Å². The highest BCUT2D eigenvalue weighted by Gasteiger charge is 2.76. The summed E-state index contributed by atoms with van der Waals surface area (Å²) in [5, 5.41) is 50.3. The minimum absolute atomic E-state index is 0.0102. The van der Waals surface area contributed by atoms with Crippen LogP contribution in [-0.4, -0.2) is 62.8 Å². The number of nitrogens with zero attached hydrogens (tertiary/aromatic N) is 1. The molecule has 7 rings (SSSR count). The van der Waals surface area contributed by atoms with Crippen molar-refractivity contribution < 1.29 is 29.5 Å². The van der Waals surface area contributed by atoms with Gasteiger partial charge in [-0.3, -0.25) is 4.79 Å². The Morgan fingerprint density at radius 1 is 1.17 bits per heavy atom. The molecule has 2 aliphatic heterocycles. The number of aromatic hydroxyl groups is 2. The summed E-state index contributed by atoms with van der Waals surface area (Å²) in [6.07, 6.45) is 3.32. The molecule has 2 bridgehead atoms. The number of phenols is 2. The van der Waals surface area contributed by atoms with Gasteiger partial charge >= 0.3 is 0 Å². The van der Waals surface area contributed by atoms with Crippen molar-refractivity contribution >= 4 is 5.91 Å². The summed E-state index contributed by atoms with van der Waals surface area (Å²) in [7, 11) is 0. The van der Waals surface area contributed by atoms with Crippen LogP contribution in [0.1, 0.15) is 53.6 Å². The Kier molecular flexibility index (Phi) is 4.23. The average molecular weight is 479 g/mol. The molecule has 184 valence electrons. The number of phenolic OH excluding ortho intramolecular Hbond substituents is 2. The van der Waals surface area contributed by atoms with E-state index in [4.69, 9.17) is 4.74 Å². The van der Waals surface area contributed by atoms with Gasteiger partial charge in [-0.2, -0.15) is 0 Å². The Morgan fingerprint density at radius 2 is 2.00 bits per heavy atom. The van der Waals surface area contributed by atoms with E-state index in [1.807, 2.05) is 6.07 Å². The fourth-order valence-corrected chi connectivity index (χ4v) is 7.80. The molecule has 35 heavy (non-hydrogen) atoms. The Labute approximate surface area is 203 Å². The van der Waals surface area contributed by atoms with E-state index in [2.05, 4.69) is 5.32 Å². The number of aliphatic hydroxyl groups is 1. The molecule has 4 N–H and O–H groups in total. The van der Waals surface area contributed by atoms with Gasteiger partial charge in [0.1, 0.15) is 23.5 Å². The number of hydrogen-bond acceptors (Lipinski definition) is 6. The number of rotatable bonds is 4. The fraction of sp³-hybridized carbons (Fsp3) is 0.519. The maximum Gasteiger partial charge on any atom is 0.251 e. The highest BCUT2D eigenvalue weighted by Crippen LogP contribution is 2.66. The molecular formula is C27H30N2O6. The predicted octanol–water partition coefficient (Wildman–Crippen LogP) is 2.47. The molecule has 1 spiro atoms. The van der Waals surface area contributed by atoms with Crippen LogP contribution in [-0.2, 0) is 11.8 Å². The predicted molar refractivity (Wildman–Crippen MR) is 126 cm³/mol. The van der Waals surface area contributed by atoms with E-state index in [-0.39, 0.29) is 22.1 Å². The average Bonchev–Trinajstić information content (AvgIpc) is 3.55. The molecule has 1 amide bonds. The SMILES string of the molecule is O=C(N[C@@H]1CC[C@@]2(O)[C@H]3Cc4ccc(O)c5c4C2(CC[N+]3([O-])CC2CC2)[C@H]1O5)c1cccc(O)c1. The van der Waals surface area contributed by atoms with E-state index in [0.29, 0.717) is 56.0 Å². The van der Waals surface area contributed by atoms with Crippen molar-refractivity contribution in [1.29, 1.82) is 0 Å². The van der Waals surface area contributed by atoms with Gasteiger partial charge in [0.15, 0.2) is 11.5 Å². The van der Waals surface area contributed by atoms with Crippen molar-refractivity contribution in [2.75, 3.05) is 13.1 Å². The van der Waals surface area contributed by atoms with Crippen LogP contribution in [0.5, 0.6) is 17.2 Å². The fourth-order valence-electron chi connectivity index (χ4n) is 7.80. The quantitative estimate of drug-likeness (QED) is 0.396. The van der Waals surface area contributed by atoms with Crippen molar-refractivity contribution in [2.24, 2.45) is 5.92 Å². The Hall–Kier alpha value is -2.81. The van der Waals surface area contributed by atoms with E-state index in [1.165, 1.54) is 12.1 Å². The largest absolute Gasteiger partial charge is 0.632 e. The zero-order chi connectivity index (χ0) is 24.2. The second-order valence-corrected chi connectivity index (χ2v) is 11.3. The van der Waals surface area contributed by atoms with Crippen molar-refractivity contribution in [3.63, 3.8) is 0 Å². The second kappa shape index (κ2) is 6.90. The third-order valence-electron chi connectivity index (χ3n) is 9.48. The minimum atomic E-state index is -1.27. The van der Waals surface area contributed by atoms with E-state index in [1.54, 1.807) is 18.2 Å². The molecular weight excluding hydrogens is 448 g/mol. The molecule has 0 radical (unpaired) electrons. The molecule has 2 aromatic rings. The van der Waals surface area contributed by atoms with Crippen LogP contribution in [0.3, 0.4) is 0 Å². The van der Waals surface area contributed by atoms with Gasteiger partial charge in [-0.15, -0.1) is 0 Å². The van der Waals surface area contributed by atoms with E-state index >= 15 is 0 Å². The first-order valence-electron chi connectivity index (χ1n) is 12.7. The smallest absolute Gasteiger partial charge is 0.251 e. The number of benzene rings is 2. The zero-order valence-corrected chi connectivity index (χ0v) is 19.4. The lowest BCUT2D eigenvalue weighted by Gasteiger charge is -2.68. The summed E-state index contributed by atoms with van der Waals surface area (Å²) in [5.41, 5.74) is 0.000709. The summed E-state index contributed by atoms with van der Waals surface area (Å²) in [6, 6.07) is 8.76. The van der Waals surface area contributed by atoms with Crippen LogP contribution in [0.15, 0.2) is 36.4 Å². The summed E-state index contributed by atoms with van der Waals surface area (Å²) in [4.78, 5) is 13.1. The molecule has 2 aromatic carbocycles. The number of carbonyl (C=O) groups is 1. The van der Waals surface area contributed by atoms with E-state index < -0.39 is 29.2 Å². The van der Waals surface area contributed by atoms with Gasteiger partial charge in [-0.05, 0) is 55.5 Å². The van der Waals surface area contributed by atoms with Gasteiger partial charge in [0.2, 0.25) is 0 Å². The lowest BCUT2D eigenvalue weighted by Crippen LogP contribution is -2.81. The lowest BCUT2D eigenvalue weighted by molar-refractivity contribution is -0.924. The van der Waals surface area contributed by atoms with Crippen LogP contribution >= 0.6 is 0 Å². The van der Waals surface area contributed by atoms with E-state index in [0.717, 1.165) is 24.0 Å². The Morgan fingerprint density at radius 3 is 2.77 bits per heavy atom. The Bertz CT molecular complexity index is 1250. The minimum Gasteiger partial charge on any atom is -0.632 e. The highest BCUT2D eigenvalue weighted by atomic mass is 16.6. The van der Waals surface area contributed by atoms with Crippen LogP contribution in [0.4, 0.5) is 0 Å². The van der Waals surface area contributed by atoms with E-state index in [9.17, 15) is 25.3 Å². The molecule has 6 atom stereocenters. The topological polar surface area (TPSA) is 122 Å². The van der Waals surface area contributed by atoms with Gasteiger partial charge in [0, 0.05) is 29.9 Å². The monoisotopic (exact) mass is 478 g/mol. The summed E-state index contributed by atoms with van der Waals surface area (Å²) in [5.74, 6) is 0.530. The molecule has 5 aliphatic rings. The third-order valence-corrected chi connectivity index (χ3v) is 9.48. The standard InChI is InChI=1S/C27H30N2O6/c30-18-3-1-2-17(12-18)25(32)28-19-8-9-27(33)21-13-16-6-7-20(31)23-22(16)26(27,24(19)35-23)10-11-29(21,34)14-15-4-5-15/h1-3,6-7,12,15,19,21,24,30-31,33H,4-5,8-11,13-14H2,(H,28,32)/t19-,21-,24+,26?,27-,29?/m1/s1. The molecule has 8 heteroatoms. The second-order valence-electron chi connectivity index (χ2n) is 11.3. The normalized spacial score (nSPS) is 38.4. The van der Waals surface area contributed by atoms with Gasteiger partial charge in [0.25, 0.3) is 5.91 Å². The molecule has 2 unspecified atom stereocenters. The van der Waals surface area contributed by atoms with Crippen LogP contribution < -0.4 is 10.1 Å². The van der Waals surface area contributed by atoms with Crippen molar-refractivity contribution in [3.8, 4) is 17.2 Å².